The van der Waals surface area contributed by atoms with E-state index in [2.05, 4.69) is 0 Å². The lowest BCUT2D eigenvalue weighted by Crippen LogP contribution is -2.00. The van der Waals surface area contributed by atoms with Gasteiger partial charge in [0.05, 0.1) is 22.5 Å². The number of nitro benzene ring substituents is 2. The first-order chi connectivity index (χ1) is 7.56. The van der Waals surface area contributed by atoms with E-state index in [0.717, 1.165) is 18.2 Å². The van der Waals surface area contributed by atoms with Crippen molar-refractivity contribution in [1.82, 2.24) is 0 Å². The van der Waals surface area contributed by atoms with Gasteiger partial charge < -0.3 is 4.74 Å². The monoisotopic (exact) mass is 226 g/mol. The summed E-state index contributed by atoms with van der Waals surface area (Å²) in [5.74, 6) is -0.0685. The van der Waals surface area contributed by atoms with Crippen LogP contribution >= 0.6 is 0 Å². The van der Waals surface area contributed by atoms with Crippen molar-refractivity contribution in [3.05, 3.63) is 38.4 Å². The van der Waals surface area contributed by atoms with Crippen molar-refractivity contribution in [3.8, 4) is 5.75 Å². The van der Waals surface area contributed by atoms with Gasteiger partial charge in [0.1, 0.15) is 0 Å². The summed E-state index contributed by atoms with van der Waals surface area (Å²) in [5.41, 5.74) is -0.490. The zero-order valence-corrected chi connectivity index (χ0v) is 8.58. The van der Waals surface area contributed by atoms with E-state index in [4.69, 9.17) is 4.74 Å². The standard InChI is InChI=1S/C9H10N2O5/c1-2-5-16-9-6-7(10(12)13)3-4-8(9)11(14)15/h3-4,6H,2,5H2,1H3. The van der Waals surface area contributed by atoms with Gasteiger partial charge in [0.2, 0.25) is 5.75 Å². The average Bonchev–Trinajstić information content (AvgIpc) is 2.25. The second kappa shape index (κ2) is 5.06. The summed E-state index contributed by atoms with van der Waals surface area (Å²) in [4.78, 5) is 19.9. The molecule has 1 aromatic rings. The number of nitrogens with zero attached hydrogens (tertiary/aromatic N) is 2. The molecular weight excluding hydrogens is 216 g/mol. The molecule has 0 saturated heterocycles. The third-order valence-electron chi connectivity index (χ3n) is 1.81. The highest BCUT2D eigenvalue weighted by molar-refractivity contribution is 5.52. The zero-order chi connectivity index (χ0) is 12.1. The van der Waals surface area contributed by atoms with Gasteiger partial charge in [-0.05, 0) is 6.42 Å². The minimum absolute atomic E-state index is 0.0685. The zero-order valence-electron chi connectivity index (χ0n) is 8.58. The lowest BCUT2D eigenvalue weighted by atomic mass is 10.2. The molecule has 0 spiro atoms. The Bertz CT molecular complexity index is 418. The van der Waals surface area contributed by atoms with Crippen LogP contribution in [0.5, 0.6) is 5.75 Å². The number of non-ortho nitro benzene ring substituents is 1. The van der Waals surface area contributed by atoms with Crippen LogP contribution in [0.15, 0.2) is 18.2 Å². The Hall–Kier alpha value is -2.18. The molecule has 7 nitrogen and oxygen atoms in total. The van der Waals surface area contributed by atoms with E-state index in [0.29, 0.717) is 6.42 Å². The predicted octanol–water partition coefficient (Wildman–Crippen LogP) is 2.29. The Morgan fingerprint density at radius 3 is 2.44 bits per heavy atom. The summed E-state index contributed by atoms with van der Waals surface area (Å²) in [6.45, 7) is 2.12. The second-order valence-electron chi connectivity index (χ2n) is 3.01. The highest BCUT2D eigenvalue weighted by Gasteiger charge is 2.19. The van der Waals surface area contributed by atoms with Gasteiger partial charge in [-0.25, -0.2) is 0 Å². The maximum absolute atomic E-state index is 10.6. The van der Waals surface area contributed by atoms with E-state index in [9.17, 15) is 20.2 Å². The second-order valence-corrected chi connectivity index (χ2v) is 3.01. The Morgan fingerprint density at radius 2 is 1.94 bits per heavy atom. The highest BCUT2D eigenvalue weighted by atomic mass is 16.6. The fourth-order valence-electron chi connectivity index (χ4n) is 1.09. The molecule has 0 unspecified atom stereocenters. The first kappa shape index (κ1) is 11.9. The Balaban J connectivity index is 3.10. The molecule has 0 aromatic heterocycles. The summed E-state index contributed by atoms with van der Waals surface area (Å²) >= 11 is 0. The fraction of sp³-hybridized carbons (Fsp3) is 0.333. The number of ether oxygens (including phenoxy) is 1. The molecule has 0 aliphatic carbocycles. The fourth-order valence-corrected chi connectivity index (χ4v) is 1.09. The third-order valence-corrected chi connectivity index (χ3v) is 1.81. The van der Waals surface area contributed by atoms with Crippen LogP contribution in [0.25, 0.3) is 0 Å². The quantitative estimate of drug-likeness (QED) is 0.566. The van der Waals surface area contributed by atoms with Crippen LogP contribution in [0.4, 0.5) is 11.4 Å². The molecule has 0 amide bonds. The molecule has 1 aromatic carbocycles. The molecule has 0 radical (unpaired) electrons. The Labute approximate surface area is 90.9 Å². The molecule has 0 N–H and O–H groups in total. The van der Waals surface area contributed by atoms with Crippen LogP contribution in [0.2, 0.25) is 0 Å². The molecule has 0 bridgehead atoms. The first-order valence-electron chi connectivity index (χ1n) is 4.62. The van der Waals surface area contributed by atoms with Crippen LogP contribution in [0.3, 0.4) is 0 Å². The van der Waals surface area contributed by atoms with Gasteiger partial charge in [0.15, 0.2) is 0 Å². The van der Waals surface area contributed by atoms with E-state index in [-0.39, 0.29) is 23.7 Å². The van der Waals surface area contributed by atoms with Crippen molar-refractivity contribution in [2.24, 2.45) is 0 Å². The van der Waals surface area contributed by atoms with Crippen molar-refractivity contribution in [2.45, 2.75) is 13.3 Å². The Morgan fingerprint density at radius 1 is 1.25 bits per heavy atom. The number of hydrogen-bond donors (Lipinski definition) is 0. The molecule has 0 saturated carbocycles. The van der Waals surface area contributed by atoms with Crippen LogP contribution in [-0.2, 0) is 0 Å². The molecule has 0 atom stereocenters. The van der Waals surface area contributed by atoms with Gasteiger partial charge in [0.25, 0.3) is 5.69 Å². The highest BCUT2D eigenvalue weighted by Crippen LogP contribution is 2.30. The van der Waals surface area contributed by atoms with Gasteiger partial charge in [-0.1, -0.05) is 6.92 Å². The summed E-state index contributed by atoms with van der Waals surface area (Å²) in [7, 11) is 0. The van der Waals surface area contributed by atoms with Crippen LogP contribution in [0, 0.1) is 20.2 Å². The van der Waals surface area contributed by atoms with Crippen LogP contribution < -0.4 is 4.74 Å². The van der Waals surface area contributed by atoms with E-state index in [1.54, 1.807) is 0 Å². The summed E-state index contributed by atoms with van der Waals surface area (Å²) in [5, 5.41) is 21.1. The molecular formula is C9H10N2O5. The van der Waals surface area contributed by atoms with Crippen molar-refractivity contribution in [3.63, 3.8) is 0 Å². The van der Waals surface area contributed by atoms with Gasteiger partial charge in [-0.15, -0.1) is 0 Å². The summed E-state index contributed by atoms with van der Waals surface area (Å²) in [6.07, 6.45) is 0.667. The van der Waals surface area contributed by atoms with Crippen LogP contribution in [-0.4, -0.2) is 16.5 Å². The van der Waals surface area contributed by atoms with Crippen molar-refractivity contribution in [2.75, 3.05) is 6.61 Å². The van der Waals surface area contributed by atoms with E-state index in [1.807, 2.05) is 6.92 Å². The smallest absolute Gasteiger partial charge is 0.311 e. The minimum Gasteiger partial charge on any atom is -0.487 e. The lowest BCUT2D eigenvalue weighted by molar-refractivity contribution is -0.389. The van der Waals surface area contributed by atoms with Crippen molar-refractivity contribution >= 4 is 11.4 Å². The van der Waals surface area contributed by atoms with Gasteiger partial charge in [-0.3, -0.25) is 20.2 Å². The van der Waals surface area contributed by atoms with E-state index < -0.39 is 9.85 Å². The number of nitro groups is 2. The molecule has 16 heavy (non-hydrogen) atoms. The largest absolute Gasteiger partial charge is 0.487 e. The minimum atomic E-state index is -0.630. The molecule has 86 valence electrons. The number of rotatable bonds is 5. The molecule has 0 aliphatic heterocycles. The molecule has 0 aliphatic rings. The third kappa shape index (κ3) is 2.66. The van der Waals surface area contributed by atoms with Crippen molar-refractivity contribution in [1.29, 1.82) is 0 Å². The van der Waals surface area contributed by atoms with Gasteiger partial charge in [0, 0.05) is 12.1 Å². The topological polar surface area (TPSA) is 95.5 Å². The van der Waals surface area contributed by atoms with Gasteiger partial charge >= 0.3 is 5.69 Å². The number of hydrogen-bond acceptors (Lipinski definition) is 5. The normalized spacial score (nSPS) is 9.81. The molecule has 0 heterocycles. The van der Waals surface area contributed by atoms with E-state index >= 15 is 0 Å². The number of benzene rings is 1. The summed E-state index contributed by atoms with van der Waals surface area (Å²) < 4.78 is 5.09. The SMILES string of the molecule is CCCOc1cc([N+](=O)[O-])ccc1[N+](=O)[O-]. The summed E-state index contributed by atoms with van der Waals surface area (Å²) in [6, 6.07) is 3.22. The molecule has 7 heteroatoms. The first-order valence-corrected chi connectivity index (χ1v) is 4.62. The lowest BCUT2D eigenvalue weighted by Gasteiger charge is -2.04. The van der Waals surface area contributed by atoms with Crippen LogP contribution in [0.1, 0.15) is 13.3 Å². The predicted molar refractivity (Wildman–Crippen MR) is 55.5 cm³/mol. The average molecular weight is 226 g/mol. The van der Waals surface area contributed by atoms with Crippen molar-refractivity contribution < 1.29 is 14.6 Å². The van der Waals surface area contributed by atoms with E-state index in [1.165, 1.54) is 0 Å². The maximum Gasteiger partial charge on any atom is 0.311 e. The maximum atomic E-state index is 10.6. The molecule has 1 rings (SSSR count). The Kier molecular flexibility index (Phi) is 3.76. The molecule has 0 fully saturated rings. The van der Waals surface area contributed by atoms with Gasteiger partial charge in [-0.2, -0.15) is 0 Å².